The van der Waals surface area contributed by atoms with Gasteiger partial charge >= 0.3 is 0 Å². The molecule has 1 aromatic heterocycles. The second-order valence-corrected chi connectivity index (χ2v) is 6.60. The highest BCUT2D eigenvalue weighted by Gasteiger charge is 2.14. The number of hydrogen-bond donors (Lipinski definition) is 0. The van der Waals surface area contributed by atoms with Gasteiger partial charge in [-0.25, -0.2) is 0 Å². The van der Waals surface area contributed by atoms with E-state index >= 15 is 0 Å². The van der Waals surface area contributed by atoms with Crippen LogP contribution in [-0.2, 0) is 13.0 Å². The van der Waals surface area contributed by atoms with Crippen molar-refractivity contribution in [2.24, 2.45) is 5.92 Å². The summed E-state index contributed by atoms with van der Waals surface area (Å²) in [6.45, 7) is 9.47. The second-order valence-electron chi connectivity index (χ2n) is 4.93. The van der Waals surface area contributed by atoms with Crippen molar-refractivity contribution in [3.8, 4) is 0 Å². The quantitative estimate of drug-likeness (QED) is 0.700. The summed E-state index contributed by atoms with van der Waals surface area (Å²) in [5.41, 5.74) is 2.12. The Morgan fingerprint density at radius 1 is 1.41 bits per heavy atom. The van der Waals surface area contributed by atoms with Crippen LogP contribution < -0.4 is 0 Å². The van der Waals surface area contributed by atoms with E-state index in [0.717, 1.165) is 36.0 Å². The molecule has 0 amide bonds. The third-order valence-corrected chi connectivity index (χ3v) is 4.20. The van der Waals surface area contributed by atoms with Crippen molar-refractivity contribution in [1.29, 1.82) is 0 Å². The van der Waals surface area contributed by atoms with Gasteiger partial charge in [0.2, 0.25) is 0 Å². The fraction of sp³-hybridized carbons (Fsp3) is 0.769. The summed E-state index contributed by atoms with van der Waals surface area (Å²) < 4.78 is 2.02. The van der Waals surface area contributed by atoms with Crippen LogP contribution in [0.3, 0.4) is 0 Å². The molecule has 0 saturated carbocycles. The first-order chi connectivity index (χ1) is 7.95. The molecule has 0 radical (unpaired) electrons. The maximum atomic E-state index is 6.28. The highest BCUT2D eigenvalue weighted by Crippen LogP contribution is 2.24. The number of nitrogens with zero attached hydrogens (tertiary/aromatic N) is 2. The maximum absolute atomic E-state index is 6.28. The summed E-state index contributed by atoms with van der Waals surface area (Å²) in [5.74, 6) is 0.729. The van der Waals surface area contributed by atoms with Crippen LogP contribution >= 0.6 is 27.5 Å². The van der Waals surface area contributed by atoms with Crippen molar-refractivity contribution in [2.45, 2.75) is 58.3 Å². The van der Waals surface area contributed by atoms with E-state index in [1.807, 2.05) is 11.6 Å². The van der Waals surface area contributed by atoms with Gasteiger partial charge in [0.05, 0.1) is 16.4 Å². The van der Waals surface area contributed by atoms with Crippen LogP contribution in [0.1, 0.15) is 45.0 Å². The van der Waals surface area contributed by atoms with E-state index in [2.05, 4.69) is 41.8 Å². The average Bonchev–Trinajstić information content (AvgIpc) is 2.51. The van der Waals surface area contributed by atoms with Gasteiger partial charge in [-0.3, -0.25) is 4.68 Å². The zero-order valence-corrected chi connectivity index (χ0v) is 13.5. The predicted molar refractivity (Wildman–Crippen MR) is 78.1 cm³/mol. The van der Waals surface area contributed by atoms with Crippen LogP contribution in [0.25, 0.3) is 0 Å². The lowest BCUT2D eigenvalue weighted by Crippen LogP contribution is -2.08. The monoisotopic (exact) mass is 320 g/mol. The molecule has 1 aromatic rings. The van der Waals surface area contributed by atoms with Crippen molar-refractivity contribution in [3.05, 3.63) is 16.4 Å². The lowest BCUT2D eigenvalue weighted by Gasteiger charge is -2.12. The average molecular weight is 322 g/mol. The van der Waals surface area contributed by atoms with E-state index in [0.29, 0.717) is 4.83 Å². The van der Waals surface area contributed by atoms with E-state index in [9.17, 15) is 0 Å². The predicted octanol–water partition coefficient (Wildman–Crippen LogP) is 4.61. The summed E-state index contributed by atoms with van der Waals surface area (Å²) >= 11 is 10.0. The largest absolute Gasteiger partial charge is 0.268 e. The minimum atomic E-state index is 0.569. The van der Waals surface area contributed by atoms with Crippen LogP contribution in [0.5, 0.6) is 0 Å². The number of hydrogen-bond acceptors (Lipinski definition) is 1. The highest BCUT2D eigenvalue weighted by molar-refractivity contribution is 9.09. The molecule has 1 unspecified atom stereocenters. The Hall–Kier alpha value is -0.0200. The van der Waals surface area contributed by atoms with E-state index < -0.39 is 0 Å². The first-order valence-electron chi connectivity index (χ1n) is 6.31. The molecular weight excluding hydrogens is 300 g/mol. The number of rotatable bonds is 6. The van der Waals surface area contributed by atoms with Crippen LogP contribution in [0.15, 0.2) is 0 Å². The van der Waals surface area contributed by atoms with Crippen molar-refractivity contribution < 1.29 is 0 Å². The van der Waals surface area contributed by atoms with E-state index in [4.69, 9.17) is 11.6 Å². The number of aromatic nitrogens is 2. The van der Waals surface area contributed by atoms with Gasteiger partial charge in [0, 0.05) is 11.4 Å². The fourth-order valence-corrected chi connectivity index (χ4v) is 3.24. The first kappa shape index (κ1) is 15.0. The minimum Gasteiger partial charge on any atom is -0.268 e. The van der Waals surface area contributed by atoms with Gasteiger partial charge in [-0.05, 0) is 39.0 Å². The van der Waals surface area contributed by atoms with Crippen LogP contribution in [0, 0.1) is 12.8 Å². The van der Waals surface area contributed by atoms with Gasteiger partial charge in [0.1, 0.15) is 0 Å². The lowest BCUT2D eigenvalue weighted by molar-refractivity contribution is 0.541. The number of aryl methyl sites for hydroxylation is 2. The van der Waals surface area contributed by atoms with Crippen LogP contribution in [0.2, 0.25) is 5.02 Å². The molecule has 1 atom stereocenters. The Kier molecular flexibility index (Phi) is 6.01. The molecule has 0 aliphatic heterocycles. The molecule has 17 heavy (non-hydrogen) atoms. The molecule has 0 aliphatic rings. The molecule has 0 aliphatic carbocycles. The van der Waals surface area contributed by atoms with Crippen LogP contribution in [0.4, 0.5) is 0 Å². The van der Waals surface area contributed by atoms with Gasteiger partial charge in [-0.2, -0.15) is 5.10 Å². The van der Waals surface area contributed by atoms with E-state index in [1.165, 1.54) is 12.1 Å². The standard InChI is InChI=1S/C13H22BrClN2/c1-5-17-12(13(15)10(4)16-17)7-6-11(14)8-9(2)3/h9,11H,5-8H2,1-4H3. The third-order valence-electron chi connectivity index (χ3n) is 2.87. The molecule has 0 N–H and O–H groups in total. The number of alkyl halides is 1. The summed E-state index contributed by atoms with van der Waals surface area (Å²) in [4.78, 5) is 0.569. The Morgan fingerprint density at radius 2 is 2.06 bits per heavy atom. The van der Waals surface area contributed by atoms with Gasteiger partial charge in [0.15, 0.2) is 0 Å². The highest BCUT2D eigenvalue weighted by atomic mass is 79.9. The van der Waals surface area contributed by atoms with Crippen molar-refractivity contribution >= 4 is 27.5 Å². The summed E-state index contributed by atoms with van der Waals surface area (Å²) in [7, 11) is 0. The smallest absolute Gasteiger partial charge is 0.0847 e. The molecule has 0 spiro atoms. The van der Waals surface area contributed by atoms with E-state index in [1.54, 1.807) is 0 Å². The maximum Gasteiger partial charge on any atom is 0.0847 e. The molecule has 1 rings (SSSR count). The number of halogens is 2. The molecule has 0 bridgehead atoms. The second kappa shape index (κ2) is 6.79. The van der Waals surface area contributed by atoms with Gasteiger partial charge in [-0.15, -0.1) is 0 Å². The molecule has 98 valence electrons. The minimum absolute atomic E-state index is 0.569. The Balaban J connectivity index is 2.62. The topological polar surface area (TPSA) is 17.8 Å². The van der Waals surface area contributed by atoms with Crippen LogP contribution in [-0.4, -0.2) is 14.6 Å². The van der Waals surface area contributed by atoms with Crippen molar-refractivity contribution in [2.75, 3.05) is 0 Å². The summed E-state index contributed by atoms with van der Waals surface area (Å²) in [6.07, 6.45) is 3.32. The zero-order valence-electron chi connectivity index (χ0n) is 11.1. The Morgan fingerprint density at radius 3 is 2.59 bits per heavy atom. The first-order valence-corrected chi connectivity index (χ1v) is 7.60. The molecule has 0 saturated heterocycles. The molecular formula is C13H22BrClN2. The summed E-state index contributed by atoms with van der Waals surface area (Å²) in [6, 6.07) is 0. The fourth-order valence-electron chi connectivity index (χ4n) is 2.03. The summed E-state index contributed by atoms with van der Waals surface area (Å²) in [5, 5.41) is 5.28. The zero-order chi connectivity index (χ0) is 13.0. The van der Waals surface area contributed by atoms with E-state index in [-0.39, 0.29) is 0 Å². The SMILES string of the molecule is CCn1nc(C)c(Cl)c1CCC(Br)CC(C)C. The van der Waals surface area contributed by atoms with Crippen molar-refractivity contribution in [1.82, 2.24) is 9.78 Å². The van der Waals surface area contributed by atoms with Crippen molar-refractivity contribution in [3.63, 3.8) is 0 Å². The Labute approximate surface area is 118 Å². The molecule has 1 heterocycles. The van der Waals surface area contributed by atoms with Gasteiger partial charge < -0.3 is 0 Å². The molecule has 2 nitrogen and oxygen atoms in total. The molecule has 4 heteroatoms. The molecule has 0 fully saturated rings. The molecule has 0 aromatic carbocycles. The van der Waals surface area contributed by atoms with Gasteiger partial charge in [0.25, 0.3) is 0 Å². The normalized spacial score (nSPS) is 13.4. The van der Waals surface area contributed by atoms with Gasteiger partial charge in [-0.1, -0.05) is 41.4 Å². The Bertz CT molecular complexity index is 361. The lowest BCUT2D eigenvalue weighted by atomic mass is 10.0. The third kappa shape index (κ3) is 4.29.